The van der Waals surface area contributed by atoms with Gasteiger partial charge in [-0.05, 0) is 56.0 Å². The van der Waals surface area contributed by atoms with Crippen LogP contribution in [0.5, 0.6) is 0 Å². The van der Waals surface area contributed by atoms with Crippen molar-refractivity contribution in [2.24, 2.45) is 11.7 Å². The Hall–Kier alpha value is -0.380. The average molecular weight is 283 g/mol. The summed E-state index contributed by atoms with van der Waals surface area (Å²) >= 11 is 3.45. The first-order valence-corrected chi connectivity index (χ1v) is 6.78. The molecule has 0 amide bonds. The third-order valence-corrected chi connectivity index (χ3v) is 3.91. The lowest BCUT2D eigenvalue weighted by Gasteiger charge is -2.22. The van der Waals surface area contributed by atoms with E-state index in [1.807, 2.05) is 0 Å². The number of nitrogens with two attached hydrogens (primary N) is 1. The van der Waals surface area contributed by atoms with Gasteiger partial charge in [-0.2, -0.15) is 0 Å². The highest BCUT2D eigenvalue weighted by atomic mass is 79.9. The first kappa shape index (κ1) is 12.1. The molecule has 2 rings (SSSR count). The van der Waals surface area contributed by atoms with Gasteiger partial charge < -0.3 is 11.1 Å². The highest BCUT2D eigenvalue weighted by molar-refractivity contribution is 9.10. The average Bonchev–Trinajstić information content (AvgIpc) is 2.57. The molecule has 1 fully saturated rings. The molecule has 2 unspecified atom stereocenters. The second-order valence-electron chi connectivity index (χ2n) is 4.52. The van der Waals surface area contributed by atoms with Crippen molar-refractivity contribution in [1.29, 1.82) is 0 Å². The van der Waals surface area contributed by atoms with Crippen molar-refractivity contribution in [3.05, 3.63) is 34.3 Å². The molecular formula is C13H19BrN2. The number of hydrogen-bond acceptors (Lipinski definition) is 2. The van der Waals surface area contributed by atoms with Crippen molar-refractivity contribution < 1.29 is 0 Å². The van der Waals surface area contributed by atoms with Gasteiger partial charge in [-0.25, -0.2) is 0 Å². The maximum Gasteiger partial charge on any atom is 0.0323 e. The molecule has 1 saturated heterocycles. The smallest absolute Gasteiger partial charge is 0.0323 e. The van der Waals surface area contributed by atoms with E-state index >= 15 is 0 Å². The van der Waals surface area contributed by atoms with Gasteiger partial charge in [0.2, 0.25) is 0 Å². The van der Waals surface area contributed by atoms with Crippen LogP contribution in [0.25, 0.3) is 0 Å². The molecule has 1 aromatic carbocycles. The van der Waals surface area contributed by atoms with Crippen molar-refractivity contribution in [1.82, 2.24) is 5.32 Å². The zero-order valence-corrected chi connectivity index (χ0v) is 11.0. The Kier molecular flexibility index (Phi) is 4.38. The lowest BCUT2D eigenvalue weighted by Crippen LogP contribution is -2.22. The van der Waals surface area contributed by atoms with E-state index in [0.29, 0.717) is 5.92 Å². The van der Waals surface area contributed by atoms with Gasteiger partial charge in [0.25, 0.3) is 0 Å². The summed E-state index contributed by atoms with van der Waals surface area (Å²) < 4.78 is 1.12. The Balaban J connectivity index is 2.04. The van der Waals surface area contributed by atoms with Crippen LogP contribution in [0.2, 0.25) is 0 Å². The highest BCUT2D eigenvalue weighted by Crippen LogP contribution is 2.28. The minimum absolute atomic E-state index is 0.188. The molecule has 0 spiro atoms. The number of rotatable bonds is 2. The molecule has 1 aliphatic heterocycles. The predicted molar refractivity (Wildman–Crippen MR) is 71.3 cm³/mol. The van der Waals surface area contributed by atoms with Crippen LogP contribution in [0, 0.1) is 5.92 Å². The molecule has 2 nitrogen and oxygen atoms in total. The first-order chi connectivity index (χ1) is 7.77. The summed E-state index contributed by atoms with van der Waals surface area (Å²) in [5.41, 5.74) is 7.61. The van der Waals surface area contributed by atoms with E-state index in [1.165, 1.54) is 24.8 Å². The quantitative estimate of drug-likeness (QED) is 0.876. The molecule has 3 heteroatoms. The van der Waals surface area contributed by atoms with Crippen molar-refractivity contribution in [2.75, 3.05) is 13.1 Å². The van der Waals surface area contributed by atoms with Crippen LogP contribution in [0.15, 0.2) is 28.7 Å². The van der Waals surface area contributed by atoms with Gasteiger partial charge in [-0.3, -0.25) is 0 Å². The summed E-state index contributed by atoms with van der Waals surface area (Å²) in [4.78, 5) is 0. The lowest BCUT2D eigenvalue weighted by molar-refractivity contribution is 0.391. The lowest BCUT2D eigenvalue weighted by atomic mass is 9.88. The maximum atomic E-state index is 6.35. The Morgan fingerprint density at radius 2 is 1.94 bits per heavy atom. The molecule has 3 N–H and O–H groups in total. The van der Waals surface area contributed by atoms with Crippen LogP contribution in [0.4, 0.5) is 0 Å². The van der Waals surface area contributed by atoms with E-state index in [-0.39, 0.29) is 6.04 Å². The predicted octanol–water partition coefficient (Wildman–Crippen LogP) is 2.84. The second-order valence-corrected chi connectivity index (χ2v) is 5.43. The fourth-order valence-electron chi connectivity index (χ4n) is 2.36. The van der Waals surface area contributed by atoms with Crippen molar-refractivity contribution in [3.8, 4) is 0 Å². The summed E-state index contributed by atoms with van der Waals surface area (Å²) in [6.07, 6.45) is 3.68. The molecule has 2 atom stereocenters. The van der Waals surface area contributed by atoms with Gasteiger partial charge in [0, 0.05) is 10.5 Å². The van der Waals surface area contributed by atoms with Crippen molar-refractivity contribution in [3.63, 3.8) is 0 Å². The maximum absolute atomic E-state index is 6.35. The van der Waals surface area contributed by atoms with Gasteiger partial charge >= 0.3 is 0 Å². The minimum Gasteiger partial charge on any atom is -0.324 e. The second kappa shape index (κ2) is 5.80. The summed E-state index contributed by atoms with van der Waals surface area (Å²) in [7, 11) is 0. The molecule has 1 heterocycles. The van der Waals surface area contributed by atoms with Crippen LogP contribution >= 0.6 is 15.9 Å². The van der Waals surface area contributed by atoms with Gasteiger partial charge in [0.05, 0.1) is 0 Å². The van der Waals surface area contributed by atoms with Crippen LogP contribution in [-0.4, -0.2) is 13.1 Å². The molecule has 0 aliphatic carbocycles. The highest BCUT2D eigenvalue weighted by Gasteiger charge is 2.20. The summed E-state index contributed by atoms with van der Waals surface area (Å²) in [5.74, 6) is 0.621. The third kappa shape index (κ3) is 3.06. The topological polar surface area (TPSA) is 38.0 Å². The number of hydrogen-bond donors (Lipinski definition) is 2. The molecule has 0 radical (unpaired) electrons. The Morgan fingerprint density at radius 3 is 2.69 bits per heavy atom. The van der Waals surface area contributed by atoms with Gasteiger partial charge in [0.15, 0.2) is 0 Å². The number of benzene rings is 1. The normalized spacial score (nSPS) is 23.8. The molecule has 16 heavy (non-hydrogen) atoms. The van der Waals surface area contributed by atoms with Crippen molar-refractivity contribution >= 4 is 15.9 Å². The Bertz CT molecular complexity index is 315. The number of nitrogens with one attached hydrogen (secondary N) is 1. The van der Waals surface area contributed by atoms with E-state index in [1.54, 1.807) is 0 Å². The largest absolute Gasteiger partial charge is 0.324 e. The molecular weight excluding hydrogens is 264 g/mol. The summed E-state index contributed by atoms with van der Waals surface area (Å²) in [5, 5.41) is 3.43. The van der Waals surface area contributed by atoms with Crippen molar-refractivity contribution in [2.45, 2.75) is 25.3 Å². The van der Waals surface area contributed by atoms with E-state index in [0.717, 1.165) is 17.6 Å². The molecule has 0 aromatic heterocycles. The molecule has 1 aliphatic rings. The van der Waals surface area contributed by atoms with Crippen LogP contribution < -0.4 is 11.1 Å². The fraction of sp³-hybridized carbons (Fsp3) is 0.538. The Labute approximate surface area is 106 Å². The summed E-state index contributed by atoms with van der Waals surface area (Å²) in [6.45, 7) is 2.25. The van der Waals surface area contributed by atoms with Crippen LogP contribution in [-0.2, 0) is 0 Å². The molecule has 0 saturated carbocycles. The summed E-state index contributed by atoms with van der Waals surface area (Å²) in [6, 6.07) is 8.60. The molecule has 88 valence electrons. The van der Waals surface area contributed by atoms with Crippen LogP contribution in [0.3, 0.4) is 0 Å². The SMILES string of the molecule is NC(c1ccc(Br)cc1)C1CCCNCC1. The number of halogens is 1. The Morgan fingerprint density at radius 1 is 1.19 bits per heavy atom. The first-order valence-electron chi connectivity index (χ1n) is 5.99. The fourth-order valence-corrected chi connectivity index (χ4v) is 2.63. The van der Waals surface area contributed by atoms with E-state index in [2.05, 4.69) is 45.5 Å². The monoisotopic (exact) mass is 282 g/mol. The van der Waals surface area contributed by atoms with E-state index in [4.69, 9.17) is 5.73 Å². The zero-order valence-electron chi connectivity index (χ0n) is 9.45. The van der Waals surface area contributed by atoms with Gasteiger partial charge in [-0.1, -0.05) is 28.1 Å². The van der Waals surface area contributed by atoms with Gasteiger partial charge in [0.1, 0.15) is 0 Å². The minimum atomic E-state index is 0.188. The van der Waals surface area contributed by atoms with E-state index in [9.17, 15) is 0 Å². The molecule has 1 aromatic rings. The van der Waals surface area contributed by atoms with Gasteiger partial charge in [-0.15, -0.1) is 0 Å². The van der Waals surface area contributed by atoms with E-state index < -0.39 is 0 Å². The third-order valence-electron chi connectivity index (χ3n) is 3.38. The zero-order chi connectivity index (χ0) is 11.4. The van der Waals surface area contributed by atoms with Crippen LogP contribution in [0.1, 0.15) is 30.9 Å². The standard InChI is InChI=1S/C13H19BrN2/c14-12-5-3-11(4-6-12)13(15)10-2-1-8-16-9-7-10/h3-6,10,13,16H,1-2,7-9,15H2. The molecule has 0 bridgehead atoms.